The fourth-order valence-corrected chi connectivity index (χ4v) is 2.27. The lowest BCUT2D eigenvalue weighted by Crippen LogP contribution is -2.22. The van der Waals surface area contributed by atoms with Crippen LogP contribution < -0.4 is 5.56 Å². The smallest absolute Gasteiger partial charge is 0.264 e. The number of nitrogens with zero attached hydrogens (tertiary/aromatic N) is 4. The van der Waals surface area contributed by atoms with Crippen LogP contribution in [0.4, 0.5) is 4.39 Å². The van der Waals surface area contributed by atoms with Crippen LogP contribution in [0, 0.1) is 11.7 Å². The van der Waals surface area contributed by atoms with Crippen molar-refractivity contribution in [3.8, 4) is 5.69 Å². The Morgan fingerprint density at radius 3 is 2.76 bits per heavy atom. The van der Waals surface area contributed by atoms with Crippen molar-refractivity contribution in [1.82, 2.24) is 19.3 Å². The average Bonchev–Trinajstić information content (AvgIpc) is 2.86. The molecule has 3 rings (SSSR count). The molecule has 3 aromatic rings. The maximum atomic E-state index is 13.9. The van der Waals surface area contributed by atoms with Crippen molar-refractivity contribution < 1.29 is 4.39 Å². The summed E-state index contributed by atoms with van der Waals surface area (Å²) in [5.41, 5.74) is 0.488. The molecule has 0 spiro atoms. The molecule has 0 aliphatic heterocycles. The third-order valence-corrected chi connectivity index (χ3v) is 3.20. The van der Waals surface area contributed by atoms with E-state index in [1.165, 1.54) is 23.3 Å². The van der Waals surface area contributed by atoms with Crippen LogP contribution in [0.1, 0.15) is 13.8 Å². The first-order chi connectivity index (χ1) is 10.1. The Kier molecular flexibility index (Phi) is 3.29. The SMILES string of the molecule is CC(C)Cn1cnc2c(cnn2-c2ccccc2F)c1=O. The minimum absolute atomic E-state index is 0.156. The number of halogens is 1. The molecule has 0 unspecified atom stereocenters. The number of para-hydroxylation sites is 1. The van der Waals surface area contributed by atoms with Gasteiger partial charge in [-0.05, 0) is 18.1 Å². The molecule has 0 aliphatic carbocycles. The summed E-state index contributed by atoms with van der Waals surface area (Å²) in [6.45, 7) is 4.64. The largest absolute Gasteiger partial charge is 0.298 e. The monoisotopic (exact) mass is 286 g/mol. The minimum atomic E-state index is -0.407. The van der Waals surface area contributed by atoms with Gasteiger partial charge >= 0.3 is 0 Å². The molecule has 0 atom stereocenters. The number of rotatable bonds is 3. The highest BCUT2D eigenvalue weighted by atomic mass is 19.1. The molecule has 0 bridgehead atoms. The Bertz CT molecular complexity index is 850. The molecule has 5 nitrogen and oxygen atoms in total. The summed E-state index contributed by atoms with van der Waals surface area (Å²) in [4.78, 5) is 16.6. The van der Waals surface area contributed by atoms with Gasteiger partial charge in [-0.25, -0.2) is 14.1 Å². The van der Waals surface area contributed by atoms with E-state index in [-0.39, 0.29) is 11.2 Å². The normalized spacial score (nSPS) is 11.4. The first-order valence-corrected chi connectivity index (χ1v) is 6.76. The topological polar surface area (TPSA) is 52.7 Å². The van der Waals surface area contributed by atoms with Crippen LogP contribution in [0.2, 0.25) is 0 Å². The predicted molar refractivity (Wildman–Crippen MR) is 77.9 cm³/mol. The maximum Gasteiger partial charge on any atom is 0.264 e. The minimum Gasteiger partial charge on any atom is -0.298 e. The highest BCUT2D eigenvalue weighted by Gasteiger charge is 2.13. The fourth-order valence-electron chi connectivity index (χ4n) is 2.27. The molecule has 0 radical (unpaired) electrons. The average molecular weight is 286 g/mol. The van der Waals surface area contributed by atoms with Crippen LogP contribution in [-0.4, -0.2) is 19.3 Å². The van der Waals surface area contributed by atoms with E-state index >= 15 is 0 Å². The molecule has 0 fully saturated rings. The third kappa shape index (κ3) is 2.33. The predicted octanol–water partition coefficient (Wildman–Crippen LogP) is 2.38. The second-order valence-electron chi connectivity index (χ2n) is 5.34. The van der Waals surface area contributed by atoms with E-state index in [2.05, 4.69) is 10.1 Å². The summed E-state index contributed by atoms with van der Waals surface area (Å²) in [7, 11) is 0. The molecule has 2 heterocycles. The van der Waals surface area contributed by atoms with Crippen molar-refractivity contribution in [1.29, 1.82) is 0 Å². The Labute approximate surface area is 120 Å². The summed E-state index contributed by atoms with van der Waals surface area (Å²) >= 11 is 0. The van der Waals surface area contributed by atoms with E-state index in [9.17, 15) is 9.18 Å². The molecule has 0 saturated carbocycles. The standard InChI is InChI=1S/C15H15FN4O/c1-10(2)8-19-9-17-14-11(15(19)21)7-18-20(14)13-6-4-3-5-12(13)16/h3-7,9-10H,8H2,1-2H3. The van der Waals surface area contributed by atoms with Crippen molar-refractivity contribution in [2.24, 2.45) is 5.92 Å². The molecule has 0 N–H and O–H groups in total. The molecule has 2 aromatic heterocycles. The number of hydrogen-bond acceptors (Lipinski definition) is 3. The van der Waals surface area contributed by atoms with Gasteiger partial charge in [-0.15, -0.1) is 0 Å². The number of hydrogen-bond donors (Lipinski definition) is 0. The lowest BCUT2D eigenvalue weighted by atomic mass is 10.2. The van der Waals surface area contributed by atoms with Crippen LogP contribution in [0.5, 0.6) is 0 Å². The molecule has 0 aliphatic rings. The summed E-state index contributed by atoms with van der Waals surface area (Å²) in [5, 5.41) is 4.50. The first-order valence-electron chi connectivity index (χ1n) is 6.76. The number of fused-ring (bicyclic) bond motifs is 1. The van der Waals surface area contributed by atoms with Gasteiger partial charge in [-0.1, -0.05) is 26.0 Å². The fraction of sp³-hybridized carbons (Fsp3) is 0.267. The molecule has 1 aromatic carbocycles. The Morgan fingerprint density at radius 2 is 2.05 bits per heavy atom. The van der Waals surface area contributed by atoms with Crippen molar-refractivity contribution in [2.75, 3.05) is 0 Å². The van der Waals surface area contributed by atoms with Crippen molar-refractivity contribution in [3.05, 3.63) is 53.0 Å². The summed E-state index contributed by atoms with van der Waals surface area (Å²) in [6.07, 6.45) is 2.93. The quantitative estimate of drug-likeness (QED) is 0.743. The van der Waals surface area contributed by atoms with Gasteiger partial charge in [0.25, 0.3) is 5.56 Å². The lowest BCUT2D eigenvalue weighted by molar-refractivity contribution is 0.508. The van der Waals surface area contributed by atoms with Crippen LogP contribution >= 0.6 is 0 Å². The van der Waals surface area contributed by atoms with E-state index in [4.69, 9.17) is 0 Å². The van der Waals surface area contributed by atoms with Gasteiger partial charge in [0.1, 0.15) is 16.9 Å². The molecule has 21 heavy (non-hydrogen) atoms. The van der Waals surface area contributed by atoms with Gasteiger partial charge in [0, 0.05) is 6.54 Å². The molecular weight excluding hydrogens is 271 g/mol. The molecule has 6 heteroatoms. The van der Waals surface area contributed by atoms with Gasteiger partial charge in [0.2, 0.25) is 0 Å². The molecule has 0 amide bonds. The van der Waals surface area contributed by atoms with E-state index in [0.29, 0.717) is 23.5 Å². The Morgan fingerprint density at radius 1 is 1.29 bits per heavy atom. The number of benzene rings is 1. The molecular formula is C15H15FN4O. The van der Waals surface area contributed by atoms with E-state index in [0.717, 1.165) is 0 Å². The lowest BCUT2D eigenvalue weighted by Gasteiger charge is -2.08. The summed E-state index contributed by atoms with van der Waals surface area (Å²) < 4.78 is 16.8. The van der Waals surface area contributed by atoms with Crippen LogP contribution in [0.25, 0.3) is 16.7 Å². The summed E-state index contributed by atoms with van der Waals surface area (Å²) in [5.74, 6) is -0.0702. The van der Waals surface area contributed by atoms with Gasteiger partial charge in [0.15, 0.2) is 5.65 Å². The highest BCUT2D eigenvalue weighted by Crippen LogP contribution is 2.16. The second-order valence-corrected chi connectivity index (χ2v) is 5.34. The van der Waals surface area contributed by atoms with Crippen molar-refractivity contribution >= 4 is 11.0 Å². The van der Waals surface area contributed by atoms with Crippen LogP contribution in [0.15, 0.2) is 41.6 Å². The summed E-state index contributed by atoms with van der Waals surface area (Å²) in [6, 6.07) is 6.27. The van der Waals surface area contributed by atoms with Crippen molar-refractivity contribution in [2.45, 2.75) is 20.4 Å². The van der Waals surface area contributed by atoms with E-state index in [1.54, 1.807) is 22.8 Å². The maximum absolute atomic E-state index is 13.9. The Hall–Kier alpha value is -2.50. The molecule has 0 saturated heterocycles. The first kappa shape index (κ1) is 13.5. The highest BCUT2D eigenvalue weighted by molar-refractivity contribution is 5.74. The Balaban J connectivity index is 2.19. The van der Waals surface area contributed by atoms with Crippen molar-refractivity contribution in [3.63, 3.8) is 0 Å². The number of aromatic nitrogens is 4. The van der Waals surface area contributed by atoms with Gasteiger partial charge in [-0.2, -0.15) is 5.10 Å². The molecule has 108 valence electrons. The van der Waals surface area contributed by atoms with Crippen LogP contribution in [-0.2, 0) is 6.54 Å². The van der Waals surface area contributed by atoms with Gasteiger partial charge < -0.3 is 0 Å². The third-order valence-electron chi connectivity index (χ3n) is 3.20. The zero-order valence-electron chi connectivity index (χ0n) is 11.8. The van der Waals surface area contributed by atoms with E-state index in [1.807, 2.05) is 13.8 Å². The zero-order valence-corrected chi connectivity index (χ0v) is 11.8. The zero-order chi connectivity index (χ0) is 15.0. The van der Waals surface area contributed by atoms with Gasteiger partial charge in [-0.3, -0.25) is 9.36 Å². The van der Waals surface area contributed by atoms with Crippen LogP contribution in [0.3, 0.4) is 0 Å². The van der Waals surface area contributed by atoms with E-state index < -0.39 is 5.82 Å². The second kappa shape index (κ2) is 5.12. The van der Waals surface area contributed by atoms with Gasteiger partial charge in [0.05, 0.1) is 12.5 Å².